The molecule has 0 saturated heterocycles. The molecule has 1 amide bonds. The number of aromatic amines is 2. The predicted molar refractivity (Wildman–Crippen MR) is 96.6 cm³/mol. The standard InChI is InChI=1S/C17H18N4O3S/c1-24-12-5-6-13-10(7-12)3-2-4-14(13)20-21-16(23)9-11-8-15(22)19-17(25)18-11/h5-8H,2-4,9H2,1H3,(H,21,23)(H2,18,19,22,25). The number of carbonyl (C=O) groups is 1. The van der Waals surface area contributed by atoms with Crippen LogP contribution in [0.1, 0.15) is 29.7 Å². The van der Waals surface area contributed by atoms with Gasteiger partial charge in [0, 0.05) is 17.3 Å². The van der Waals surface area contributed by atoms with Crippen LogP contribution in [0.3, 0.4) is 0 Å². The third kappa shape index (κ3) is 4.21. The Bertz CT molecular complexity index is 917. The number of ether oxygens (including phenoxy) is 1. The molecule has 2 aromatic rings. The molecule has 8 heteroatoms. The van der Waals surface area contributed by atoms with Gasteiger partial charge in [-0.3, -0.25) is 14.6 Å². The van der Waals surface area contributed by atoms with Gasteiger partial charge >= 0.3 is 0 Å². The van der Waals surface area contributed by atoms with Gasteiger partial charge in [0.2, 0.25) is 5.91 Å². The second-order valence-corrected chi connectivity index (χ2v) is 6.17. The van der Waals surface area contributed by atoms with E-state index in [-0.39, 0.29) is 22.7 Å². The Morgan fingerprint density at radius 2 is 2.16 bits per heavy atom. The van der Waals surface area contributed by atoms with Crippen molar-refractivity contribution in [2.75, 3.05) is 7.11 Å². The average Bonchev–Trinajstić information content (AvgIpc) is 2.58. The van der Waals surface area contributed by atoms with Gasteiger partial charge in [0.15, 0.2) is 4.77 Å². The summed E-state index contributed by atoms with van der Waals surface area (Å²) >= 11 is 4.89. The molecule has 1 aliphatic rings. The first kappa shape index (κ1) is 17.1. The smallest absolute Gasteiger partial charge is 0.251 e. The Morgan fingerprint density at radius 3 is 2.92 bits per heavy atom. The number of amides is 1. The number of hydrogen-bond acceptors (Lipinski definition) is 5. The molecule has 1 aromatic carbocycles. The number of rotatable bonds is 4. The Balaban J connectivity index is 1.73. The SMILES string of the molecule is COc1ccc2c(c1)CCCC2=NNC(=O)Cc1cc(=O)[nH]c(=S)[nH]1. The second kappa shape index (κ2) is 7.43. The van der Waals surface area contributed by atoms with E-state index in [1.807, 2.05) is 18.2 Å². The number of aromatic nitrogens is 2. The summed E-state index contributed by atoms with van der Waals surface area (Å²) in [6, 6.07) is 7.16. The number of nitrogens with zero attached hydrogens (tertiary/aromatic N) is 1. The first-order chi connectivity index (χ1) is 12.0. The highest BCUT2D eigenvalue weighted by molar-refractivity contribution is 7.71. The van der Waals surface area contributed by atoms with Crippen LogP contribution < -0.4 is 15.7 Å². The lowest BCUT2D eigenvalue weighted by atomic mass is 9.90. The molecule has 0 bridgehead atoms. The molecule has 0 unspecified atom stereocenters. The van der Waals surface area contributed by atoms with Crippen molar-refractivity contribution in [1.29, 1.82) is 0 Å². The Kier molecular flexibility index (Phi) is 5.08. The van der Waals surface area contributed by atoms with Crippen LogP contribution in [0.4, 0.5) is 0 Å². The molecule has 0 radical (unpaired) electrons. The maximum absolute atomic E-state index is 12.1. The third-order valence-corrected chi connectivity index (χ3v) is 4.17. The van der Waals surface area contributed by atoms with Crippen LogP contribution >= 0.6 is 12.2 Å². The normalized spacial score (nSPS) is 14.8. The molecule has 1 aliphatic carbocycles. The minimum atomic E-state index is -0.340. The van der Waals surface area contributed by atoms with Crippen LogP contribution in [0.25, 0.3) is 0 Å². The number of nitrogens with one attached hydrogen (secondary N) is 3. The van der Waals surface area contributed by atoms with Gasteiger partial charge in [0.1, 0.15) is 5.75 Å². The highest BCUT2D eigenvalue weighted by atomic mass is 32.1. The third-order valence-electron chi connectivity index (χ3n) is 3.97. The molecule has 25 heavy (non-hydrogen) atoms. The fourth-order valence-electron chi connectivity index (χ4n) is 2.84. The minimum absolute atomic E-state index is 0.000189. The summed E-state index contributed by atoms with van der Waals surface area (Å²) in [4.78, 5) is 28.7. The van der Waals surface area contributed by atoms with Crippen LogP contribution in [-0.2, 0) is 17.6 Å². The number of hydrazone groups is 1. The van der Waals surface area contributed by atoms with Crippen molar-refractivity contribution in [2.24, 2.45) is 5.10 Å². The van der Waals surface area contributed by atoms with Crippen LogP contribution in [0, 0.1) is 4.77 Å². The molecule has 130 valence electrons. The highest BCUT2D eigenvalue weighted by Crippen LogP contribution is 2.25. The Hall–Kier alpha value is -2.74. The van der Waals surface area contributed by atoms with Crippen molar-refractivity contribution in [3.8, 4) is 5.75 Å². The van der Waals surface area contributed by atoms with E-state index >= 15 is 0 Å². The molecule has 7 nitrogen and oxygen atoms in total. The fraction of sp³-hybridized carbons (Fsp3) is 0.294. The monoisotopic (exact) mass is 358 g/mol. The summed E-state index contributed by atoms with van der Waals surface area (Å²) < 4.78 is 5.44. The van der Waals surface area contributed by atoms with Crippen LogP contribution in [0.5, 0.6) is 5.75 Å². The summed E-state index contributed by atoms with van der Waals surface area (Å²) in [6.45, 7) is 0. The zero-order chi connectivity index (χ0) is 17.8. The van der Waals surface area contributed by atoms with E-state index < -0.39 is 0 Å². The van der Waals surface area contributed by atoms with Gasteiger partial charge in [-0.2, -0.15) is 5.10 Å². The molecule has 3 rings (SSSR count). The van der Waals surface area contributed by atoms with E-state index in [0.717, 1.165) is 41.9 Å². The molecular formula is C17H18N4O3S. The Morgan fingerprint density at radius 1 is 1.32 bits per heavy atom. The lowest BCUT2D eigenvalue weighted by molar-refractivity contribution is -0.120. The van der Waals surface area contributed by atoms with Crippen molar-refractivity contribution in [1.82, 2.24) is 15.4 Å². The first-order valence-electron chi connectivity index (χ1n) is 7.90. The predicted octanol–water partition coefficient (Wildman–Crippen LogP) is 1.84. The van der Waals surface area contributed by atoms with E-state index in [4.69, 9.17) is 17.0 Å². The van der Waals surface area contributed by atoms with E-state index in [0.29, 0.717) is 5.69 Å². The van der Waals surface area contributed by atoms with Crippen LogP contribution in [-0.4, -0.2) is 28.7 Å². The average molecular weight is 358 g/mol. The molecule has 3 N–H and O–H groups in total. The summed E-state index contributed by atoms with van der Waals surface area (Å²) in [5, 5.41) is 4.27. The quantitative estimate of drug-likeness (QED) is 0.574. The van der Waals surface area contributed by atoms with Crippen molar-refractivity contribution in [2.45, 2.75) is 25.7 Å². The van der Waals surface area contributed by atoms with Crippen molar-refractivity contribution < 1.29 is 9.53 Å². The Labute approximate surface area is 149 Å². The first-order valence-corrected chi connectivity index (χ1v) is 8.31. The van der Waals surface area contributed by atoms with Gasteiger partial charge in [-0.1, -0.05) is 0 Å². The van der Waals surface area contributed by atoms with Crippen molar-refractivity contribution in [3.63, 3.8) is 0 Å². The molecule has 1 aromatic heterocycles. The molecule has 0 fully saturated rings. The zero-order valence-electron chi connectivity index (χ0n) is 13.7. The molecule has 0 saturated carbocycles. The topological polar surface area (TPSA) is 99.3 Å². The summed E-state index contributed by atoms with van der Waals surface area (Å²) in [5.41, 5.74) is 5.70. The number of methoxy groups -OCH3 is 1. The summed E-state index contributed by atoms with van der Waals surface area (Å²) in [5.74, 6) is 0.498. The zero-order valence-corrected chi connectivity index (χ0v) is 14.5. The minimum Gasteiger partial charge on any atom is -0.497 e. The molecule has 0 spiro atoms. The molecule has 1 heterocycles. The lowest BCUT2D eigenvalue weighted by Crippen LogP contribution is -2.24. The van der Waals surface area contributed by atoms with Crippen LogP contribution in [0.15, 0.2) is 34.2 Å². The second-order valence-electron chi connectivity index (χ2n) is 5.76. The maximum Gasteiger partial charge on any atom is 0.251 e. The number of hydrogen-bond donors (Lipinski definition) is 3. The van der Waals surface area contributed by atoms with E-state index in [9.17, 15) is 9.59 Å². The molecular weight excluding hydrogens is 340 g/mol. The summed E-state index contributed by atoms with van der Waals surface area (Å²) in [6.07, 6.45) is 2.73. The largest absolute Gasteiger partial charge is 0.497 e. The van der Waals surface area contributed by atoms with Gasteiger partial charge < -0.3 is 9.72 Å². The van der Waals surface area contributed by atoms with Gasteiger partial charge in [-0.05, 0) is 55.2 Å². The molecule has 0 aliphatic heterocycles. The number of aryl methyl sites for hydroxylation is 1. The number of fused-ring (bicyclic) bond motifs is 1. The number of H-pyrrole nitrogens is 2. The van der Waals surface area contributed by atoms with Gasteiger partial charge in [0.25, 0.3) is 5.56 Å². The van der Waals surface area contributed by atoms with Gasteiger partial charge in [-0.15, -0.1) is 0 Å². The van der Waals surface area contributed by atoms with Gasteiger partial charge in [-0.25, -0.2) is 5.43 Å². The maximum atomic E-state index is 12.1. The van der Waals surface area contributed by atoms with Gasteiger partial charge in [0.05, 0.1) is 19.2 Å². The van der Waals surface area contributed by atoms with E-state index in [1.54, 1.807) is 7.11 Å². The number of carbonyl (C=O) groups excluding carboxylic acids is 1. The number of benzene rings is 1. The van der Waals surface area contributed by atoms with Crippen molar-refractivity contribution >= 4 is 23.8 Å². The van der Waals surface area contributed by atoms with Crippen LogP contribution in [0.2, 0.25) is 0 Å². The fourth-order valence-corrected chi connectivity index (χ4v) is 3.07. The lowest BCUT2D eigenvalue weighted by Gasteiger charge is -2.18. The van der Waals surface area contributed by atoms with Crippen molar-refractivity contribution in [3.05, 3.63) is 56.2 Å². The van der Waals surface area contributed by atoms with E-state index in [1.165, 1.54) is 6.07 Å². The van der Waals surface area contributed by atoms with E-state index in [2.05, 4.69) is 20.5 Å². The highest BCUT2D eigenvalue weighted by Gasteiger charge is 2.16. The molecule has 0 atom stereocenters. The summed E-state index contributed by atoms with van der Waals surface area (Å²) in [7, 11) is 1.64.